The Hall–Kier alpha value is -0.360. The van der Waals surface area contributed by atoms with Gasteiger partial charge in [0.2, 0.25) is 0 Å². The van der Waals surface area contributed by atoms with Crippen molar-refractivity contribution in [3.8, 4) is 0 Å². The van der Waals surface area contributed by atoms with Gasteiger partial charge in [-0.25, -0.2) is 0 Å². The first-order chi connectivity index (χ1) is 23.7. The van der Waals surface area contributed by atoms with E-state index < -0.39 is 23.3 Å². The van der Waals surface area contributed by atoms with Crippen LogP contribution in [0.1, 0.15) is 121 Å². The van der Waals surface area contributed by atoms with Gasteiger partial charge in [-0.3, -0.25) is 9.80 Å². The maximum Gasteiger partial charge on any atom is 0.170 e. The van der Waals surface area contributed by atoms with Crippen molar-refractivity contribution in [3.63, 3.8) is 0 Å². The van der Waals surface area contributed by atoms with Crippen molar-refractivity contribution in [2.75, 3.05) is 39.4 Å². The SMILES string of the molecule is CCO[C@@H](C1C[C@@H](C)[C@H]2C(O1)[C@H](O)[C@@]1(N)C3CC[C@H]4C(C)(C)[C@@H](O[C@H]5CN(C6CN(C(C)(C)C)C6)CCO5)CC[C@@]45C[C@@]35CC[C@]21C)C(C)(C)O. The van der Waals surface area contributed by atoms with E-state index in [2.05, 4.69) is 58.3 Å². The molecule has 14 atom stereocenters. The lowest BCUT2D eigenvalue weighted by Gasteiger charge is -2.63. The van der Waals surface area contributed by atoms with Gasteiger partial charge >= 0.3 is 0 Å². The summed E-state index contributed by atoms with van der Waals surface area (Å²) in [5.74, 6) is 1.37. The molecule has 0 aromatic heterocycles. The van der Waals surface area contributed by atoms with Crippen LogP contribution in [0, 0.1) is 45.3 Å². The van der Waals surface area contributed by atoms with Crippen molar-refractivity contribution in [2.45, 2.75) is 180 Å². The van der Waals surface area contributed by atoms with Crippen LogP contribution in [0.25, 0.3) is 0 Å². The predicted octanol–water partition coefficient (Wildman–Crippen LogP) is 5.19. The maximum atomic E-state index is 12.5. The Balaban J connectivity index is 0.983. The molecule has 2 spiro atoms. The number of nitrogens with two attached hydrogens (primary N) is 1. The summed E-state index contributed by atoms with van der Waals surface area (Å²) < 4.78 is 26.4. The molecule has 5 aliphatic carbocycles. The molecule has 0 radical (unpaired) electrons. The topological polar surface area (TPSA) is 110 Å². The van der Waals surface area contributed by atoms with Crippen LogP contribution in [-0.2, 0) is 18.9 Å². The molecule has 0 aromatic carbocycles. The van der Waals surface area contributed by atoms with Crippen LogP contribution in [0.15, 0.2) is 0 Å². The molecule has 0 bridgehead atoms. The molecule has 3 saturated heterocycles. The molecule has 0 aromatic rings. The first kappa shape index (κ1) is 37.6. The van der Waals surface area contributed by atoms with Crippen molar-refractivity contribution >= 4 is 0 Å². The van der Waals surface area contributed by atoms with Crippen LogP contribution in [0.2, 0.25) is 0 Å². The summed E-state index contributed by atoms with van der Waals surface area (Å²) in [6, 6.07) is 0.602. The summed E-state index contributed by atoms with van der Waals surface area (Å²) in [6.45, 7) is 27.6. The van der Waals surface area contributed by atoms with Crippen molar-refractivity contribution in [3.05, 3.63) is 0 Å². The monoisotopic (exact) mass is 716 g/mol. The number of nitrogens with zero attached hydrogens (tertiary/aromatic N) is 2. The third-order valence-electron chi connectivity index (χ3n) is 17.3. The fourth-order valence-corrected chi connectivity index (χ4v) is 14.8. The summed E-state index contributed by atoms with van der Waals surface area (Å²) in [7, 11) is 0. The second kappa shape index (κ2) is 12.1. The van der Waals surface area contributed by atoms with Gasteiger partial charge in [0.05, 0.1) is 42.2 Å². The quantitative estimate of drug-likeness (QED) is 0.328. The van der Waals surface area contributed by atoms with Gasteiger partial charge in [-0.2, -0.15) is 0 Å². The Morgan fingerprint density at radius 2 is 1.65 bits per heavy atom. The minimum atomic E-state index is -1.04. The van der Waals surface area contributed by atoms with E-state index in [4.69, 9.17) is 24.7 Å². The second-order valence-electron chi connectivity index (χ2n) is 21.4. The van der Waals surface area contributed by atoms with Crippen molar-refractivity contribution in [2.24, 2.45) is 51.1 Å². The number of hydrogen-bond donors (Lipinski definition) is 3. The van der Waals surface area contributed by atoms with Gasteiger partial charge in [0.25, 0.3) is 0 Å². The number of fused-ring (bicyclic) bond motifs is 4. The summed E-state index contributed by atoms with van der Waals surface area (Å²) in [6.07, 6.45) is 6.99. The van der Waals surface area contributed by atoms with Gasteiger partial charge in [0.15, 0.2) is 6.29 Å². The third-order valence-corrected chi connectivity index (χ3v) is 17.3. The standard InChI is InChI=1S/C42H73N3O6/c1-11-48-35(38(8,9)47)27-20-25(2)32-33(50-27)34(46)42(43)29-13-12-28-37(6,7)30(14-15-40(28)24-41(29,40)17-16-39(32,42)10)51-31-23-44(18-19-49-31)26-21-45(22-26)36(3,4)5/h25-35,46-47H,11-24,43H2,1-10H3/t25-,27?,28+,29?,30+,31+,32+,33?,34+,35+,39-,40-,41+,42+/m1/s1. The van der Waals surface area contributed by atoms with Crippen LogP contribution < -0.4 is 5.73 Å². The van der Waals surface area contributed by atoms with Gasteiger partial charge < -0.3 is 34.9 Å². The Morgan fingerprint density at radius 1 is 0.961 bits per heavy atom. The molecule has 9 nitrogen and oxygen atoms in total. The number of likely N-dealkylation sites (tertiary alicyclic amines) is 1. The van der Waals surface area contributed by atoms with Crippen molar-refractivity contribution < 1.29 is 29.2 Å². The molecule has 8 rings (SSSR count). The lowest BCUT2D eigenvalue weighted by molar-refractivity contribution is -0.252. The fraction of sp³-hybridized carbons (Fsp3) is 1.00. The maximum absolute atomic E-state index is 12.5. The Kier molecular flexibility index (Phi) is 8.89. The van der Waals surface area contributed by atoms with E-state index in [0.29, 0.717) is 24.5 Å². The first-order valence-corrected chi connectivity index (χ1v) is 21.0. The average molecular weight is 716 g/mol. The molecule has 51 heavy (non-hydrogen) atoms. The van der Waals surface area contributed by atoms with Crippen molar-refractivity contribution in [1.82, 2.24) is 9.80 Å². The number of aliphatic hydroxyl groups excluding tert-OH is 1. The Labute approximate surface area is 309 Å². The molecule has 8 aliphatic rings. The van der Waals surface area contributed by atoms with Crippen molar-refractivity contribution in [1.29, 1.82) is 0 Å². The third kappa shape index (κ3) is 5.24. The molecule has 3 aliphatic heterocycles. The van der Waals surface area contributed by atoms with Gasteiger partial charge in [-0.15, -0.1) is 0 Å². The van der Waals surface area contributed by atoms with Gasteiger partial charge in [-0.05, 0) is 138 Å². The zero-order chi connectivity index (χ0) is 36.7. The molecular formula is C42H73N3O6. The van der Waals surface area contributed by atoms with Crippen LogP contribution in [-0.4, -0.2) is 119 Å². The highest BCUT2D eigenvalue weighted by Crippen LogP contribution is 2.87. The first-order valence-electron chi connectivity index (χ1n) is 21.0. The van der Waals surface area contributed by atoms with Gasteiger partial charge in [0, 0.05) is 44.4 Å². The van der Waals surface area contributed by atoms with E-state index in [1.54, 1.807) is 0 Å². The summed E-state index contributed by atoms with van der Waals surface area (Å²) in [5, 5.41) is 23.6. The van der Waals surface area contributed by atoms with Crippen LogP contribution in [0.5, 0.6) is 0 Å². The lowest BCUT2D eigenvalue weighted by atomic mass is 9.43. The molecule has 5 saturated carbocycles. The Morgan fingerprint density at radius 3 is 2.31 bits per heavy atom. The van der Waals surface area contributed by atoms with E-state index in [1.165, 1.54) is 19.3 Å². The highest BCUT2D eigenvalue weighted by Gasteiger charge is 2.85. The fourth-order valence-electron chi connectivity index (χ4n) is 14.8. The predicted molar refractivity (Wildman–Crippen MR) is 198 cm³/mol. The Bertz CT molecular complexity index is 1330. The number of hydrogen-bond acceptors (Lipinski definition) is 9. The van der Waals surface area contributed by atoms with Gasteiger partial charge in [0.1, 0.15) is 6.10 Å². The highest BCUT2D eigenvalue weighted by molar-refractivity contribution is 5.35. The molecule has 292 valence electrons. The highest BCUT2D eigenvalue weighted by atomic mass is 16.7. The number of aliphatic hydroxyl groups is 2. The molecule has 9 heteroatoms. The van der Waals surface area contributed by atoms with E-state index in [0.717, 1.165) is 64.9 Å². The van der Waals surface area contributed by atoms with E-state index in [1.807, 2.05) is 20.8 Å². The molecule has 3 unspecified atom stereocenters. The lowest BCUT2D eigenvalue weighted by Crippen LogP contribution is -2.70. The smallest absolute Gasteiger partial charge is 0.170 e. The zero-order valence-electron chi connectivity index (χ0n) is 33.7. The zero-order valence-corrected chi connectivity index (χ0v) is 33.7. The van der Waals surface area contributed by atoms with Gasteiger partial charge in [-0.1, -0.05) is 27.7 Å². The summed E-state index contributed by atoms with van der Waals surface area (Å²) >= 11 is 0. The number of ether oxygens (including phenoxy) is 4. The van der Waals surface area contributed by atoms with E-state index in [9.17, 15) is 10.2 Å². The molecule has 4 N–H and O–H groups in total. The van der Waals surface area contributed by atoms with E-state index >= 15 is 0 Å². The largest absolute Gasteiger partial charge is 0.388 e. The average Bonchev–Trinajstić information content (AvgIpc) is 3.64. The molecule has 3 heterocycles. The number of morpholine rings is 1. The minimum absolute atomic E-state index is 0.0406. The molecule has 8 fully saturated rings. The molecular weight excluding hydrogens is 642 g/mol. The summed E-state index contributed by atoms with van der Waals surface area (Å²) in [5.41, 5.74) is 6.65. The minimum Gasteiger partial charge on any atom is -0.388 e. The van der Waals surface area contributed by atoms with E-state index in [-0.39, 0.29) is 63.6 Å². The molecule has 0 amide bonds. The number of rotatable bonds is 7. The second-order valence-corrected chi connectivity index (χ2v) is 21.4. The normalized spacial score (nSPS) is 50.6. The summed E-state index contributed by atoms with van der Waals surface area (Å²) in [4.78, 5) is 5.19. The van der Waals surface area contributed by atoms with Crippen LogP contribution >= 0.6 is 0 Å². The van der Waals surface area contributed by atoms with Crippen LogP contribution in [0.3, 0.4) is 0 Å². The van der Waals surface area contributed by atoms with Crippen LogP contribution in [0.4, 0.5) is 0 Å².